The number of benzene rings is 2. The number of carbonyl (C=O) groups is 1. The quantitative estimate of drug-likeness (QED) is 0.563. The molecule has 100 valence electrons. The maximum Gasteiger partial charge on any atom is 0.150 e. The van der Waals surface area contributed by atoms with E-state index in [1.807, 2.05) is 18.2 Å². The highest BCUT2D eigenvalue weighted by atomic mass is 31.0. The summed E-state index contributed by atoms with van der Waals surface area (Å²) >= 11 is 0. The summed E-state index contributed by atoms with van der Waals surface area (Å²) in [7, 11) is 1.72. The Hall–Kier alpha value is -1.79. The van der Waals surface area contributed by atoms with Gasteiger partial charge in [-0.15, -0.1) is 0 Å². The summed E-state index contributed by atoms with van der Waals surface area (Å²) in [5.41, 5.74) is 4.79. The van der Waals surface area contributed by atoms with Crippen molar-refractivity contribution >= 4 is 15.4 Å². The average Bonchev–Trinajstić information content (AvgIpc) is 2.41. The fraction of sp³-hybridized carbons (Fsp3) is 0.188. The van der Waals surface area contributed by atoms with Crippen LogP contribution in [0.15, 0.2) is 48.5 Å². The van der Waals surface area contributed by atoms with Crippen LogP contribution in [0.1, 0.15) is 27.0 Å². The van der Waals surface area contributed by atoms with Gasteiger partial charge >= 0.3 is 0 Å². The van der Waals surface area contributed by atoms with Crippen LogP contribution in [0.2, 0.25) is 0 Å². The van der Waals surface area contributed by atoms with Crippen LogP contribution >= 0.6 is 9.12 Å². The van der Waals surface area contributed by atoms with Crippen molar-refractivity contribution in [1.82, 2.24) is 0 Å². The van der Waals surface area contributed by atoms with Gasteiger partial charge in [0.1, 0.15) is 15.4 Å². The fourth-order valence-corrected chi connectivity index (χ4v) is 1.73. The van der Waals surface area contributed by atoms with Crippen molar-refractivity contribution in [3.8, 4) is 0 Å². The highest BCUT2D eigenvalue weighted by Gasteiger charge is 1.87. The van der Waals surface area contributed by atoms with Crippen LogP contribution in [0.5, 0.6) is 0 Å². The number of hydrogen-bond acceptors (Lipinski definition) is 2. The summed E-state index contributed by atoms with van der Waals surface area (Å²) in [6.45, 7) is 6.38. The van der Waals surface area contributed by atoms with Gasteiger partial charge in [-0.1, -0.05) is 65.2 Å². The molecule has 2 aromatic rings. The molecule has 0 saturated carbocycles. The van der Waals surface area contributed by atoms with Gasteiger partial charge in [0.15, 0.2) is 0 Å². The van der Waals surface area contributed by atoms with E-state index in [-0.39, 0.29) is 0 Å². The molecule has 2 nitrogen and oxygen atoms in total. The molecule has 2 aromatic carbocycles. The van der Waals surface area contributed by atoms with E-state index >= 15 is 0 Å². The lowest BCUT2D eigenvalue weighted by Gasteiger charge is -1.96. The second kappa shape index (κ2) is 10.2. The summed E-state index contributed by atoms with van der Waals surface area (Å²) in [5, 5.41) is 0. The van der Waals surface area contributed by atoms with E-state index in [2.05, 4.69) is 39.0 Å². The van der Waals surface area contributed by atoms with E-state index in [1.165, 1.54) is 16.7 Å². The van der Waals surface area contributed by atoms with Crippen molar-refractivity contribution in [3.63, 3.8) is 0 Å². The highest BCUT2D eigenvalue weighted by molar-refractivity contribution is 7.00. The zero-order chi connectivity index (χ0) is 14.7. The van der Waals surface area contributed by atoms with Crippen LogP contribution in [0.4, 0.5) is 0 Å². The Morgan fingerprint density at radius 3 is 1.42 bits per heavy atom. The topological polar surface area (TPSA) is 34.1 Å². The number of carbonyl (C=O) groups excluding carboxylic acids is 1. The summed E-state index contributed by atoms with van der Waals surface area (Å²) in [4.78, 5) is 10.0. The Labute approximate surface area is 117 Å². The van der Waals surface area contributed by atoms with Gasteiger partial charge in [-0.25, -0.2) is 0 Å². The predicted octanol–water partition coefficient (Wildman–Crippen LogP) is 4.59. The van der Waals surface area contributed by atoms with Crippen LogP contribution in [-0.2, 0) is 4.57 Å². The lowest BCUT2D eigenvalue weighted by molar-refractivity contribution is 0.112. The van der Waals surface area contributed by atoms with Crippen molar-refractivity contribution < 1.29 is 9.36 Å². The van der Waals surface area contributed by atoms with E-state index in [0.29, 0.717) is 0 Å². The molecule has 0 spiro atoms. The standard InChI is InChI=1S/C9H12.C7H6O.HOP/c1-7-4-8(2)6-9(3)5-7;8-6-7-4-2-1-3-5-7;1-2/h4-6H,1-3H3;1-6H;2H. The van der Waals surface area contributed by atoms with Crippen LogP contribution in [0.25, 0.3) is 0 Å². The lowest BCUT2D eigenvalue weighted by Crippen LogP contribution is -1.78. The van der Waals surface area contributed by atoms with Gasteiger partial charge in [-0.3, -0.25) is 9.36 Å². The zero-order valence-electron chi connectivity index (χ0n) is 11.5. The van der Waals surface area contributed by atoms with E-state index in [1.54, 1.807) is 21.3 Å². The largest absolute Gasteiger partial charge is 0.298 e. The Balaban J connectivity index is 0.000000303. The summed E-state index contributed by atoms with van der Waals surface area (Å²) in [5.74, 6) is 0. The average molecular weight is 274 g/mol. The zero-order valence-corrected chi connectivity index (χ0v) is 12.5. The van der Waals surface area contributed by atoms with Crippen molar-refractivity contribution in [2.45, 2.75) is 20.8 Å². The maximum atomic E-state index is 10.0. The van der Waals surface area contributed by atoms with E-state index in [4.69, 9.17) is 4.57 Å². The second-order valence-corrected chi connectivity index (χ2v) is 4.19. The first-order chi connectivity index (χ1) is 9.11. The minimum atomic E-state index is 0.729. The van der Waals surface area contributed by atoms with Crippen molar-refractivity contribution in [3.05, 3.63) is 70.8 Å². The van der Waals surface area contributed by atoms with Gasteiger partial charge in [-0.05, 0) is 20.8 Å². The summed E-state index contributed by atoms with van der Waals surface area (Å²) in [6, 6.07) is 15.7. The molecular formula is C16H19O2P. The Morgan fingerprint density at radius 1 is 0.789 bits per heavy atom. The molecule has 19 heavy (non-hydrogen) atoms. The normalized spacial score (nSPS) is 8.37. The Morgan fingerprint density at radius 2 is 1.16 bits per heavy atom. The van der Waals surface area contributed by atoms with Gasteiger partial charge in [0.25, 0.3) is 0 Å². The smallest absolute Gasteiger partial charge is 0.150 e. The molecular weight excluding hydrogens is 255 g/mol. The van der Waals surface area contributed by atoms with Crippen LogP contribution < -0.4 is 0 Å². The SMILES string of the molecule is Cc1cc(C)cc(C)c1.O=Cc1ccccc1.O=P. The van der Waals surface area contributed by atoms with Crippen molar-refractivity contribution in [2.24, 2.45) is 0 Å². The minimum absolute atomic E-state index is 0.729. The molecule has 0 aliphatic rings. The summed E-state index contributed by atoms with van der Waals surface area (Å²) < 4.78 is 8.06. The van der Waals surface area contributed by atoms with E-state index in [9.17, 15) is 4.79 Å². The molecule has 0 radical (unpaired) electrons. The Kier molecular flexibility index (Phi) is 9.20. The monoisotopic (exact) mass is 274 g/mol. The third kappa shape index (κ3) is 8.01. The molecule has 2 rings (SSSR count). The van der Waals surface area contributed by atoms with Crippen LogP contribution in [0.3, 0.4) is 0 Å². The van der Waals surface area contributed by atoms with Crippen molar-refractivity contribution in [2.75, 3.05) is 0 Å². The first-order valence-electron chi connectivity index (χ1n) is 5.87. The Bertz CT molecular complexity index is 445. The maximum absolute atomic E-state index is 10.0. The third-order valence-corrected chi connectivity index (χ3v) is 2.30. The van der Waals surface area contributed by atoms with Gasteiger partial charge < -0.3 is 0 Å². The lowest BCUT2D eigenvalue weighted by atomic mass is 10.1. The molecule has 0 unspecified atom stereocenters. The number of rotatable bonds is 1. The fourth-order valence-electron chi connectivity index (χ4n) is 1.73. The molecule has 0 aliphatic carbocycles. The number of aldehydes is 1. The van der Waals surface area contributed by atoms with Crippen molar-refractivity contribution in [1.29, 1.82) is 0 Å². The second-order valence-electron chi connectivity index (χ2n) is 4.19. The molecule has 3 heteroatoms. The van der Waals surface area contributed by atoms with Gasteiger partial charge in [0.05, 0.1) is 0 Å². The van der Waals surface area contributed by atoms with Gasteiger partial charge in [-0.2, -0.15) is 0 Å². The third-order valence-electron chi connectivity index (χ3n) is 2.30. The highest BCUT2D eigenvalue weighted by Crippen LogP contribution is 2.06. The molecule has 0 aliphatic heterocycles. The van der Waals surface area contributed by atoms with E-state index < -0.39 is 0 Å². The first-order valence-corrected chi connectivity index (χ1v) is 6.28. The first kappa shape index (κ1) is 17.2. The summed E-state index contributed by atoms with van der Waals surface area (Å²) in [6.07, 6.45) is 0.833. The van der Waals surface area contributed by atoms with Crippen LogP contribution in [-0.4, -0.2) is 6.29 Å². The molecule has 0 aromatic heterocycles. The molecule has 0 heterocycles. The molecule has 0 bridgehead atoms. The molecule has 0 N–H and O–H groups in total. The van der Waals surface area contributed by atoms with Gasteiger partial charge in [0.2, 0.25) is 0 Å². The molecule has 0 fully saturated rings. The minimum Gasteiger partial charge on any atom is -0.298 e. The number of hydrogen-bond donors (Lipinski definition) is 0. The molecule has 0 amide bonds. The van der Waals surface area contributed by atoms with Gasteiger partial charge in [0, 0.05) is 5.56 Å². The number of aryl methyl sites for hydroxylation is 3. The molecule has 0 atom stereocenters. The van der Waals surface area contributed by atoms with Crippen LogP contribution in [0, 0.1) is 20.8 Å². The van der Waals surface area contributed by atoms with E-state index in [0.717, 1.165) is 11.8 Å². The predicted molar refractivity (Wildman–Crippen MR) is 81.5 cm³/mol. The molecule has 0 saturated heterocycles.